The standard InChI is InChI=1S/C15H26ClNO2/c1-9-10(2)19-11(3)14(9)15(18)17-8-13-6-4-5-12(13)7-16/h9-14H,4-8H2,1-3H3,(H,17,18). The monoisotopic (exact) mass is 287 g/mol. The van der Waals surface area contributed by atoms with Gasteiger partial charge in [0.15, 0.2) is 0 Å². The highest BCUT2D eigenvalue weighted by molar-refractivity contribution is 6.18. The van der Waals surface area contributed by atoms with Crippen molar-refractivity contribution < 1.29 is 9.53 Å². The number of amides is 1. The molecule has 1 amide bonds. The van der Waals surface area contributed by atoms with Crippen molar-refractivity contribution in [1.29, 1.82) is 0 Å². The Morgan fingerprint density at radius 3 is 2.47 bits per heavy atom. The Labute approximate surface area is 121 Å². The van der Waals surface area contributed by atoms with Crippen LogP contribution in [0.25, 0.3) is 0 Å². The fourth-order valence-corrected chi connectivity index (χ4v) is 4.06. The second kappa shape index (κ2) is 6.45. The minimum Gasteiger partial charge on any atom is -0.374 e. The van der Waals surface area contributed by atoms with Crippen molar-refractivity contribution in [3.63, 3.8) is 0 Å². The van der Waals surface area contributed by atoms with Gasteiger partial charge in [0.25, 0.3) is 0 Å². The van der Waals surface area contributed by atoms with Gasteiger partial charge in [0.1, 0.15) is 0 Å². The lowest BCUT2D eigenvalue weighted by Gasteiger charge is -2.22. The summed E-state index contributed by atoms with van der Waals surface area (Å²) in [5.41, 5.74) is 0. The van der Waals surface area contributed by atoms with Gasteiger partial charge in [-0.05, 0) is 44.4 Å². The van der Waals surface area contributed by atoms with E-state index in [9.17, 15) is 4.79 Å². The smallest absolute Gasteiger partial charge is 0.226 e. The highest BCUT2D eigenvalue weighted by atomic mass is 35.5. The lowest BCUT2D eigenvalue weighted by molar-refractivity contribution is -0.127. The molecular formula is C15H26ClNO2. The number of hydrogen-bond donors (Lipinski definition) is 1. The fourth-order valence-electron chi connectivity index (χ4n) is 3.65. The number of hydrogen-bond acceptors (Lipinski definition) is 2. The summed E-state index contributed by atoms with van der Waals surface area (Å²) in [5, 5.41) is 3.13. The molecule has 0 aromatic heterocycles. The number of ether oxygens (including phenoxy) is 1. The molecule has 0 radical (unpaired) electrons. The SMILES string of the molecule is CC1OC(C)C(C(=O)NCC2CCCC2CCl)C1C. The summed E-state index contributed by atoms with van der Waals surface area (Å²) in [7, 11) is 0. The topological polar surface area (TPSA) is 38.3 Å². The molecule has 1 saturated carbocycles. The Kier molecular flexibility index (Phi) is 5.13. The van der Waals surface area contributed by atoms with Crippen LogP contribution in [0.1, 0.15) is 40.0 Å². The van der Waals surface area contributed by atoms with Crippen molar-refractivity contribution in [1.82, 2.24) is 5.32 Å². The number of nitrogens with one attached hydrogen (secondary N) is 1. The summed E-state index contributed by atoms with van der Waals surface area (Å²) in [4.78, 5) is 12.3. The van der Waals surface area contributed by atoms with E-state index in [1.54, 1.807) is 0 Å². The molecule has 6 unspecified atom stereocenters. The van der Waals surface area contributed by atoms with Gasteiger partial charge in [-0.1, -0.05) is 13.3 Å². The summed E-state index contributed by atoms with van der Waals surface area (Å²) in [6.07, 6.45) is 3.85. The number of alkyl halides is 1. The van der Waals surface area contributed by atoms with E-state index in [0.29, 0.717) is 17.8 Å². The van der Waals surface area contributed by atoms with E-state index in [2.05, 4.69) is 19.2 Å². The molecule has 2 rings (SSSR count). The predicted octanol–water partition coefficient (Wildman–Crippen LogP) is 2.82. The molecule has 1 aliphatic carbocycles. The minimum atomic E-state index is -0.00847. The molecule has 110 valence electrons. The van der Waals surface area contributed by atoms with Crippen molar-refractivity contribution in [3.8, 4) is 0 Å². The first kappa shape index (κ1) is 15.1. The zero-order valence-corrected chi connectivity index (χ0v) is 13.0. The van der Waals surface area contributed by atoms with Gasteiger partial charge in [-0.2, -0.15) is 0 Å². The molecule has 1 N–H and O–H groups in total. The van der Waals surface area contributed by atoms with E-state index in [1.165, 1.54) is 19.3 Å². The van der Waals surface area contributed by atoms with Crippen LogP contribution in [-0.2, 0) is 9.53 Å². The molecule has 2 aliphatic rings. The van der Waals surface area contributed by atoms with Gasteiger partial charge >= 0.3 is 0 Å². The first-order chi connectivity index (χ1) is 9.04. The molecule has 1 saturated heterocycles. The van der Waals surface area contributed by atoms with Crippen molar-refractivity contribution >= 4 is 17.5 Å². The lowest BCUT2D eigenvalue weighted by Crippen LogP contribution is -2.40. The maximum Gasteiger partial charge on any atom is 0.226 e. The third-order valence-electron chi connectivity index (χ3n) is 5.10. The average molecular weight is 288 g/mol. The van der Waals surface area contributed by atoms with Gasteiger partial charge in [-0.3, -0.25) is 4.79 Å². The third kappa shape index (κ3) is 3.25. The summed E-state index contributed by atoms with van der Waals surface area (Å²) < 4.78 is 5.74. The maximum atomic E-state index is 12.3. The zero-order valence-electron chi connectivity index (χ0n) is 12.2. The molecule has 1 aliphatic heterocycles. The van der Waals surface area contributed by atoms with E-state index in [-0.39, 0.29) is 24.0 Å². The summed E-state index contributed by atoms with van der Waals surface area (Å²) >= 11 is 5.98. The number of rotatable bonds is 4. The average Bonchev–Trinajstić information content (AvgIpc) is 2.92. The Morgan fingerprint density at radius 1 is 1.21 bits per heavy atom. The maximum absolute atomic E-state index is 12.3. The van der Waals surface area contributed by atoms with Crippen molar-refractivity contribution in [3.05, 3.63) is 0 Å². The molecule has 2 fully saturated rings. The summed E-state index contributed by atoms with van der Waals surface area (Å²) in [6, 6.07) is 0. The molecule has 4 heteroatoms. The van der Waals surface area contributed by atoms with E-state index in [0.717, 1.165) is 12.4 Å². The molecule has 19 heavy (non-hydrogen) atoms. The Morgan fingerprint density at radius 2 is 1.89 bits per heavy atom. The molecule has 6 atom stereocenters. The van der Waals surface area contributed by atoms with Crippen LogP contribution in [0.5, 0.6) is 0 Å². The molecule has 0 bridgehead atoms. The molecule has 0 aromatic carbocycles. The first-order valence-corrected chi connectivity index (χ1v) is 8.07. The number of carbonyl (C=O) groups is 1. The van der Waals surface area contributed by atoms with Crippen LogP contribution >= 0.6 is 11.6 Å². The second-order valence-corrected chi connectivity index (χ2v) is 6.59. The van der Waals surface area contributed by atoms with Gasteiger partial charge in [0, 0.05) is 12.4 Å². The summed E-state index contributed by atoms with van der Waals surface area (Å²) in [6.45, 7) is 6.94. The number of carbonyl (C=O) groups excluding carboxylic acids is 1. The van der Waals surface area contributed by atoms with Gasteiger partial charge in [-0.25, -0.2) is 0 Å². The Hall–Kier alpha value is -0.280. The van der Waals surface area contributed by atoms with Gasteiger partial charge < -0.3 is 10.1 Å². The van der Waals surface area contributed by atoms with E-state index in [1.807, 2.05) is 6.92 Å². The molecule has 0 aromatic rings. The van der Waals surface area contributed by atoms with E-state index < -0.39 is 0 Å². The normalized spacial score (nSPS) is 42.5. The molecule has 3 nitrogen and oxygen atoms in total. The van der Waals surface area contributed by atoms with Gasteiger partial charge in [0.05, 0.1) is 18.1 Å². The highest BCUT2D eigenvalue weighted by Crippen LogP contribution is 2.34. The second-order valence-electron chi connectivity index (χ2n) is 6.28. The zero-order chi connectivity index (χ0) is 14.0. The quantitative estimate of drug-likeness (QED) is 0.808. The fraction of sp³-hybridized carbons (Fsp3) is 0.933. The van der Waals surface area contributed by atoms with Crippen LogP contribution in [0.3, 0.4) is 0 Å². The predicted molar refractivity (Wildman–Crippen MR) is 77.2 cm³/mol. The molecular weight excluding hydrogens is 262 g/mol. The first-order valence-electron chi connectivity index (χ1n) is 7.53. The highest BCUT2D eigenvalue weighted by Gasteiger charge is 2.41. The largest absolute Gasteiger partial charge is 0.374 e. The van der Waals surface area contributed by atoms with Gasteiger partial charge in [0.2, 0.25) is 5.91 Å². The molecule has 0 spiro atoms. The van der Waals surface area contributed by atoms with Crippen LogP contribution in [-0.4, -0.2) is 30.5 Å². The van der Waals surface area contributed by atoms with Crippen LogP contribution < -0.4 is 5.32 Å². The lowest BCUT2D eigenvalue weighted by atomic mass is 9.88. The number of halogens is 1. The van der Waals surface area contributed by atoms with E-state index >= 15 is 0 Å². The summed E-state index contributed by atoms with van der Waals surface area (Å²) in [5.74, 6) is 2.30. The molecule has 1 heterocycles. The third-order valence-corrected chi connectivity index (χ3v) is 5.49. The van der Waals surface area contributed by atoms with Crippen LogP contribution in [0.2, 0.25) is 0 Å². The van der Waals surface area contributed by atoms with Crippen molar-refractivity contribution in [2.24, 2.45) is 23.7 Å². The van der Waals surface area contributed by atoms with Crippen molar-refractivity contribution in [2.75, 3.05) is 12.4 Å². The van der Waals surface area contributed by atoms with Crippen molar-refractivity contribution in [2.45, 2.75) is 52.2 Å². The van der Waals surface area contributed by atoms with Crippen LogP contribution in [0.4, 0.5) is 0 Å². The minimum absolute atomic E-state index is 0.00847. The Bertz CT molecular complexity index is 323. The van der Waals surface area contributed by atoms with Crippen LogP contribution in [0.15, 0.2) is 0 Å². The van der Waals surface area contributed by atoms with Gasteiger partial charge in [-0.15, -0.1) is 11.6 Å². The van der Waals surface area contributed by atoms with E-state index in [4.69, 9.17) is 16.3 Å². The Balaban J connectivity index is 1.84. The van der Waals surface area contributed by atoms with Crippen LogP contribution in [0, 0.1) is 23.7 Å².